The summed E-state index contributed by atoms with van der Waals surface area (Å²) in [6, 6.07) is 18.9. The Hall–Kier alpha value is -3.86. The first-order chi connectivity index (χ1) is 17.3. The molecule has 12 heteroatoms. The maximum Gasteiger partial charge on any atom is 0.288 e. The third-order valence-corrected chi connectivity index (χ3v) is 6.48. The monoisotopic (exact) mass is 541 g/mol. The number of nitrogens with zero attached hydrogens (tertiary/aromatic N) is 3. The van der Waals surface area contributed by atoms with Crippen LogP contribution in [0.3, 0.4) is 0 Å². The molecule has 182 valence electrons. The van der Waals surface area contributed by atoms with Crippen LogP contribution in [0.1, 0.15) is 15.9 Å². The number of nitro benzene ring substituents is 1. The summed E-state index contributed by atoms with van der Waals surface area (Å²) in [6.07, 6.45) is 0.175. The first kappa shape index (κ1) is 25.2. The number of halogens is 2. The van der Waals surface area contributed by atoms with E-state index in [0.717, 1.165) is 28.5 Å². The summed E-state index contributed by atoms with van der Waals surface area (Å²) < 4.78 is 0. The van der Waals surface area contributed by atoms with Crippen molar-refractivity contribution in [2.24, 2.45) is 0 Å². The van der Waals surface area contributed by atoms with Crippen molar-refractivity contribution in [1.82, 2.24) is 15.5 Å². The van der Waals surface area contributed by atoms with E-state index < -0.39 is 28.5 Å². The summed E-state index contributed by atoms with van der Waals surface area (Å²) >= 11 is 13.0. The molecular formula is C24H17Cl2N5O4S. The van der Waals surface area contributed by atoms with E-state index in [2.05, 4.69) is 20.8 Å². The van der Waals surface area contributed by atoms with Crippen LogP contribution in [0.4, 0.5) is 10.8 Å². The molecule has 1 atom stereocenters. The number of aromatic nitrogens is 2. The van der Waals surface area contributed by atoms with Gasteiger partial charge in [-0.1, -0.05) is 77.0 Å². The molecule has 4 aromatic rings. The van der Waals surface area contributed by atoms with Gasteiger partial charge in [0.05, 0.1) is 4.92 Å². The molecular weight excluding hydrogens is 525 g/mol. The number of nitro groups is 1. The van der Waals surface area contributed by atoms with Gasteiger partial charge >= 0.3 is 0 Å². The number of hydrogen-bond donors (Lipinski definition) is 2. The summed E-state index contributed by atoms with van der Waals surface area (Å²) in [4.78, 5) is 36.6. The van der Waals surface area contributed by atoms with Gasteiger partial charge in [0.2, 0.25) is 11.0 Å². The van der Waals surface area contributed by atoms with Crippen molar-refractivity contribution in [2.75, 3.05) is 5.32 Å². The molecule has 0 saturated carbocycles. The van der Waals surface area contributed by atoms with Crippen molar-refractivity contribution >= 4 is 57.2 Å². The van der Waals surface area contributed by atoms with Crippen LogP contribution in [0, 0.1) is 10.1 Å². The number of nitrogens with one attached hydrogen (secondary N) is 2. The fraction of sp³-hybridized carbons (Fsp3) is 0.0833. The molecule has 0 aliphatic carbocycles. The predicted molar refractivity (Wildman–Crippen MR) is 138 cm³/mol. The Balaban J connectivity index is 1.54. The molecule has 2 amide bonds. The van der Waals surface area contributed by atoms with Crippen molar-refractivity contribution < 1.29 is 14.5 Å². The minimum absolute atomic E-state index is 0.00359. The zero-order chi connectivity index (χ0) is 25.7. The highest BCUT2D eigenvalue weighted by atomic mass is 35.5. The van der Waals surface area contributed by atoms with E-state index in [4.69, 9.17) is 23.2 Å². The van der Waals surface area contributed by atoms with Gasteiger partial charge in [-0.15, -0.1) is 10.2 Å². The molecule has 4 rings (SSSR count). The van der Waals surface area contributed by atoms with Crippen molar-refractivity contribution in [3.8, 4) is 10.6 Å². The number of anilines is 1. The normalized spacial score (nSPS) is 11.5. The molecule has 3 aromatic carbocycles. The Morgan fingerprint density at radius 1 is 1.00 bits per heavy atom. The van der Waals surface area contributed by atoms with Gasteiger partial charge < -0.3 is 5.32 Å². The van der Waals surface area contributed by atoms with Gasteiger partial charge in [0.25, 0.3) is 11.6 Å². The minimum Gasteiger partial charge on any atom is -0.340 e. The molecule has 2 N–H and O–H groups in total. The van der Waals surface area contributed by atoms with Crippen LogP contribution in [0.15, 0.2) is 72.8 Å². The van der Waals surface area contributed by atoms with Gasteiger partial charge in [-0.2, -0.15) is 0 Å². The highest BCUT2D eigenvalue weighted by Gasteiger charge is 2.25. The molecule has 0 aliphatic heterocycles. The second-order valence-electron chi connectivity index (χ2n) is 7.55. The van der Waals surface area contributed by atoms with Crippen LogP contribution < -0.4 is 10.6 Å². The van der Waals surface area contributed by atoms with Gasteiger partial charge in [0.1, 0.15) is 16.1 Å². The van der Waals surface area contributed by atoms with Crippen LogP contribution in [0.2, 0.25) is 10.0 Å². The zero-order valence-corrected chi connectivity index (χ0v) is 20.7. The van der Waals surface area contributed by atoms with Gasteiger partial charge in [0, 0.05) is 28.6 Å². The number of benzene rings is 3. The SMILES string of the molecule is O=C(N[C@H](Cc1ccccc1)C(=O)Nc1nnc(-c2cccc(Cl)c2)s1)c1ccc(Cl)c([N+](=O)[O-])c1. The van der Waals surface area contributed by atoms with Gasteiger partial charge in [-0.25, -0.2) is 0 Å². The molecule has 0 unspecified atom stereocenters. The fourth-order valence-corrected chi connectivity index (χ4v) is 4.42. The van der Waals surface area contributed by atoms with Crippen LogP contribution in [0.25, 0.3) is 10.6 Å². The molecule has 0 spiro atoms. The first-order valence-corrected chi connectivity index (χ1v) is 12.1. The summed E-state index contributed by atoms with van der Waals surface area (Å²) in [5.74, 6) is -1.19. The quantitative estimate of drug-likeness (QED) is 0.227. The second-order valence-corrected chi connectivity index (χ2v) is 9.37. The van der Waals surface area contributed by atoms with E-state index in [1.54, 1.807) is 18.2 Å². The first-order valence-electron chi connectivity index (χ1n) is 10.5. The maximum absolute atomic E-state index is 13.2. The van der Waals surface area contributed by atoms with Crippen molar-refractivity contribution in [1.29, 1.82) is 0 Å². The molecule has 0 fully saturated rings. The highest BCUT2D eigenvalue weighted by Crippen LogP contribution is 2.28. The molecule has 1 aromatic heterocycles. The molecule has 0 saturated heterocycles. The summed E-state index contributed by atoms with van der Waals surface area (Å²) in [5.41, 5.74) is 1.14. The highest BCUT2D eigenvalue weighted by molar-refractivity contribution is 7.18. The van der Waals surface area contributed by atoms with Crippen LogP contribution in [0.5, 0.6) is 0 Å². The molecule has 1 heterocycles. The van der Waals surface area contributed by atoms with E-state index in [1.165, 1.54) is 12.1 Å². The van der Waals surface area contributed by atoms with E-state index >= 15 is 0 Å². The van der Waals surface area contributed by atoms with Crippen LogP contribution in [-0.2, 0) is 11.2 Å². The van der Waals surface area contributed by atoms with E-state index in [-0.39, 0.29) is 22.1 Å². The lowest BCUT2D eigenvalue weighted by Gasteiger charge is -2.18. The lowest BCUT2D eigenvalue weighted by molar-refractivity contribution is -0.384. The van der Waals surface area contributed by atoms with Crippen LogP contribution in [-0.4, -0.2) is 33.0 Å². The number of amides is 2. The van der Waals surface area contributed by atoms with Crippen LogP contribution >= 0.6 is 34.5 Å². The van der Waals surface area contributed by atoms with E-state index in [9.17, 15) is 19.7 Å². The molecule has 0 aliphatic rings. The number of carbonyl (C=O) groups excluding carboxylic acids is 2. The second kappa shape index (κ2) is 11.3. The van der Waals surface area contributed by atoms with Gasteiger partial charge in [0.15, 0.2) is 0 Å². The number of rotatable bonds is 8. The molecule has 9 nitrogen and oxygen atoms in total. The summed E-state index contributed by atoms with van der Waals surface area (Å²) in [7, 11) is 0. The summed E-state index contributed by atoms with van der Waals surface area (Å²) in [6.45, 7) is 0. The molecule has 36 heavy (non-hydrogen) atoms. The van der Waals surface area contributed by atoms with Gasteiger partial charge in [-0.05, 0) is 29.8 Å². The van der Waals surface area contributed by atoms with Gasteiger partial charge in [-0.3, -0.25) is 25.0 Å². The minimum atomic E-state index is -1.01. The van der Waals surface area contributed by atoms with Crippen molar-refractivity contribution in [3.05, 3.63) is 104 Å². The average Bonchev–Trinajstić information content (AvgIpc) is 3.33. The number of carbonyl (C=O) groups is 2. The third kappa shape index (κ3) is 6.22. The smallest absolute Gasteiger partial charge is 0.288 e. The Morgan fingerprint density at radius 3 is 2.50 bits per heavy atom. The lowest BCUT2D eigenvalue weighted by Crippen LogP contribution is -2.45. The third-order valence-electron chi connectivity index (χ3n) is 5.04. The maximum atomic E-state index is 13.2. The Kier molecular flexibility index (Phi) is 7.89. The average molecular weight is 542 g/mol. The topological polar surface area (TPSA) is 127 Å². The van der Waals surface area contributed by atoms with Crippen molar-refractivity contribution in [3.63, 3.8) is 0 Å². The van der Waals surface area contributed by atoms with E-state index in [1.807, 2.05) is 36.4 Å². The Bertz CT molecular complexity index is 1430. The fourth-order valence-electron chi connectivity index (χ4n) is 3.30. The molecule has 0 bridgehead atoms. The zero-order valence-electron chi connectivity index (χ0n) is 18.4. The standard InChI is InChI=1S/C24H17Cl2N5O4S/c25-17-8-4-7-16(12-17)23-29-30-24(36-23)28-22(33)19(11-14-5-2-1-3-6-14)27-21(32)15-9-10-18(26)20(13-15)31(34)35/h1-10,12-13,19H,11H2,(H,27,32)(H,28,30,33)/t19-/m1/s1. The molecule has 0 radical (unpaired) electrons. The predicted octanol–water partition coefficient (Wildman–Crippen LogP) is 5.40. The van der Waals surface area contributed by atoms with Crippen molar-refractivity contribution in [2.45, 2.75) is 12.5 Å². The number of hydrogen-bond acceptors (Lipinski definition) is 7. The Labute approximate surface area is 219 Å². The van der Waals surface area contributed by atoms with E-state index in [0.29, 0.717) is 10.0 Å². The largest absolute Gasteiger partial charge is 0.340 e. The lowest BCUT2D eigenvalue weighted by atomic mass is 10.0. The summed E-state index contributed by atoms with van der Waals surface area (Å²) in [5, 5.41) is 25.9. The Morgan fingerprint density at radius 2 is 1.78 bits per heavy atom.